The molecule has 136 valence electrons. The minimum Gasteiger partial charge on any atom is -0.493 e. The van der Waals surface area contributed by atoms with E-state index in [4.69, 9.17) is 9.47 Å². The third-order valence-corrected chi connectivity index (χ3v) is 3.50. The summed E-state index contributed by atoms with van der Waals surface area (Å²) >= 11 is 0. The van der Waals surface area contributed by atoms with E-state index >= 15 is 0 Å². The molecule has 0 spiro atoms. The predicted octanol–water partition coefficient (Wildman–Crippen LogP) is 2.45. The highest BCUT2D eigenvalue weighted by Crippen LogP contribution is 2.30. The first-order valence-corrected chi connectivity index (χ1v) is 8.50. The molecular formula is C18H27N5O2. The van der Waals surface area contributed by atoms with Gasteiger partial charge in [-0.15, -0.1) is 0 Å². The van der Waals surface area contributed by atoms with E-state index in [1.54, 1.807) is 11.8 Å². The van der Waals surface area contributed by atoms with Crippen LogP contribution >= 0.6 is 0 Å². The van der Waals surface area contributed by atoms with Gasteiger partial charge in [0.15, 0.2) is 17.5 Å². The Bertz CT molecular complexity index is 697. The number of benzene rings is 1. The van der Waals surface area contributed by atoms with E-state index in [2.05, 4.69) is 20.7 Å². The summed E-state index contributed by atoms with van der Waals surface area (Å²) in [5, 5.41) is 10.7. The van der Waals surface area contributed by atoms with E-state index < -0.39 is 0 Å². The van der Waals surface area contributed by atoms with Gasteiger partial charge in [0.1, 0.15) is 0 Å². The van der Waals surface area contributed by atoms with Gasteiger partial charge in [-0.1, -0.05) is 0 Å². The number of aliphatic imine (C=N–C) groups is 1. The van der Waals surface area contributed by atoms with Crippen LogP contribution in [0.5, 0.6) is 11.5 Å². The number of nitrogens with zero attached hydrogens (tertiary/aromatic N) is 3. The Labute approximate surface area is 149 Å². The second-order valence-corrected chi connectivity index (χ2v) is 5.46. The van der Waals surface area contributed by atoms with Crippen LogP contribution in [0.2, 0.25) is 0 Å². The molecule has 2 aromatic rings. The quantitative estimate of drug-likeness (QED) is 0.568. The van der Waals surface area contributed by atoms with Crippen molar-refractivity contribution in [1.29, 1.82) is 0 Å². The molecule has 0 fully saturated rings. The van der Waals surface area contributed by atoms with Crippen LogP contribution in [0.25, 0.3) is 0 Å². The molecule has 0 aliphatic heterocycles. The van der Waals surface area contributed by atoms with Crippen molar-refractivity contribution in [2.45, 2.75) is 20.3 Å². The third-order valence-electron chi connectivity index (χ3n) is 3.50. The standard InChI is InChI=1S/C18H27N5O2/c1-5-19-18(20-10-9-14-12-21-23(3)13-14)22-15-7-8-16(24-4)17(11-15)25-6-2/h7-8,11-13H,5-6,9-10H2,1-4H3,(H2,19,20,22). The molecule has 0 amide bonds. The minimum absolute atomic E-state index is 0.582. The van der Waals surface area contributed by atoms with Gasteiger partial charge in [0.25, 0.3) is 0 Å². The fourth-order valence-electron chi connectivity index (χ4n) is 2.36. The van der Waals surface area contributed by atoms with E-state index in [-0.39, 0.29) is 0 Å². The first-order valence-electron chi connectivity index (χ1n) is 8.50. The minimum atomic E-state index is 0.582. The molecule has 0 bridgehead atoms. The highest BCUT2D eigenvalue weighted by Gasteiger charge is 2.07. The van der Waals surface area contributed by atoms with E-state index in [1.165, 1.54) is 5.56 Å². The first kappa shape index (κ1) is 18.6. The maximum atomic E-state index is 5.62. The summed E-state index contributed by atoms with van der Waals surface area (Å²) in [6.45, 7) is 6.03. The average molecular weight is 345 g/mol. The lowest BCUT2D eigenvalue weighted by Gasteiger charge is -2.14. The van der Waals surface area contributed by atoms with Gasteiger partial charge in [0.2, 0.25) is 0 Å². The van der Waals surface area contributed by atoms with Crippen molar-refractivity contribution in [3.05, 3.63) is 36.2 Å². The van der Waals surface area contributed by atoms with Crippen molar-refractivity contribution < 1.29 is 9.47 Å². The maximum Gasteiger partial charge on any atom is 0.195 e. The normalized spacial score (nSPS) is 11.3. The molecule has 0 atom stereocenters. The van der Waals surface area contributed by atoms with Gasteiger partial charge in [-0.05, 0) is 38.0 Å². The molecule has 0 radical (unpaired) electrons. The van der Waals surface area contributed by atoms with Crippen LogP contribution in [-0.4, -0.2) is 42.5 Å². The van der Waals surface area contributed by atoms with Crippen LogP contribution in [0.15, 0.2) is 35.6 Å². The van der Waals surface area contributed by atoms with Gasteiger partial charge in [-0.3, -0.25) is 9.67 Å². The Hall–Kier alpha value is -2.70. The lowest BCUT2D eigenvalue weighted by molar-refractivity contribution is 0.311. The van der Waals surface area contributed by atoms with Crippen LogP contribution in [0.3, 0.4) is 0 Å². The molecule has 2 N–H and O–H groups in total. The zero-order valence-corrected chi connectivity index (χ0v) is 15.4. The smallest absolute Gasteiger partial charge is 0.195 e. The van der Waals surface area contributed by atoms with Crippen molar-refractivity contribution in [3.63, 3.8) is 0 Å². The number of nitrogens with one attached hydrogen (secondary N) is 2. The van der Waals surface area contributed by atoms with Crippen molar-refractivity contribution >= 4 is 11.6 Å². The highest BCUT2D eigenvalue weighted by molar-refractivity contribution is 5.93. The number of aromatic nitrogens is 2. The monoisotopic (exact) mass is 345 g/mol. The van der Waals surface area contributed by atoms with E-state index in [0.717, 1.165) is 24.6 Å². The maximum absolute atomic E-state index is 5.62. The largest absolute Gasteiger partial charge is 0.493 e. The summed E-state index contributed by atoms with van der Waals surface area (Å²) in [4.78, 5) is 4.62. The van der Waals surface area contributed by atoms with E-state index in [1.807, 2.05) is 51.5 Å². The Morgan fingerprint density at radius 2 is 2.12 bits per heavy atom. The predicted molar refractivity (Wildman–Crippen MR) is 101 cm³/mol. The van der Waals surface area contributed by atoms with E-state index in [9.17, 15) is 0 Å². The van der Waals surface area contributed by atoms with Crippen molar-refractivity contribution in [1.82, 2.24) is 15.1 Å². The Kier molecular flexibility index (Phi) is 7.13. The fraction of sp³-hybridized carbons (Fsp3) is 0.444. The van der Waals surface area contributed by atoms with E-state index in [0.29, 0.717) is 24.7 Å². The lowest BCUT2D eigenvalue weighted by Crippen LogP contribution is -2.30. The van der Waals surface area contributed by atoms with Crippen LogP contribution in [0, 0.1) is 0 Å². The number of hydrogen-bond donors (Lipinski definition) is 2. The number of anilines is 1. The molecule has 0 saturated heterocycles. The molecule has 0 saturated carbocycles. The summed E-state index contributed by atoms with van der Waals surface area (Å²) in [6.07, 6.45) is 4.72. The zero-order chi connectivity index (χ0) is 18.1. The second kappa shape index (κ2) is 9.56. The summed E-state index contributed by atoms with van der Waals surface area (Å²) < 4.78 is 12.7. The van der Waals surface area contributed by atoms with Gasteiger partial charge >= 0.3 is 0 Å². The molecule has 0 aliphatic carbocycles. The van der Waals surface area contributed by atoms with Gasteiger partial charge in [0, 0.05) is 38.1 Å². The van der Waals surface area contributed by atoms with Gasteiger partial charge in [-0.2, -0.15) is 5.10 Å². The highest BCUT2D eigenvalue weighted by atomic mass is 16.5. The number of ether oxygens (including phenoxy) is 2. The Morgan fingerprint density at radius 3 is 2.76 bits per heavy atom. The van der Waals surface area contributed by atoms with Crippen molar-refractivity contribution in [3.8, 4) is 11.5 Å². The summed E-state index contributed by atoms with van der Waals surface area (Å²) in [7, 11) is 3.55. The number of aryl methyl sites for hydroxylation is 1. The average Bonchev–Trinajstić information content (AvgIpc) is 3.01. The first-order chi connectivity index (χ1) is 12.2. The molecule has 7 heteroatoms. The van der Waals surface area contributed by atoms with Crippen LogP contribution < -0.4 is 20.1 Å². The third kappa shape index (κ3) is 5.70. The SMILES string of the molecule is CCNC(=NCCc1cnn(C)c1)Nc1ccc(OC)c(OCC)c1. The zero-order valence-electron chi connectivity index (χ0n) is 15.4. The molecule has 7 nitrogen and oxygen atoms in total. The van der Waals surface area contributed by atoms with Crippen molar-refractivity contribution in [2.75, 3.05) is 32.1 Å². The summed E-state index contributed by atoms with van der Waals surface area (Å²) in [5.74, 6) is 2.16. The molecule has 1 aromatic heterocycles. The number of rotatable bonds is 8. The summed E-state index contributed by atoms with van der Waals surface area (Å²) in [5.41, 5.74) is 2.07. The van der Waals surface area contributed by atoms with Crippen LogP contribution in [-0.2, 0) is 13.5 Å². The van der Waals surface area contributed by atoms with Crippen molar-refractivity contribution in [2.24, 2.45) is 12.0 Å². The Balaban J connectivity index is 2.04. The van der Waals surface area contributed by atoms with Crippen LogP contribution in [0.1, 0.15) is 19.4 Å². The second-order valence-electron chi connectivity index (χ2n) is 5.46. The summed E-state index contributed by atoms with van der Waals surface area (Å²) in [6, 6.07) is 5.73. The fourth-order valence-corrected chi connectivity index (χ4v) is 2.36. The van der Waals surface area contributed by atoms with Crippen LogP contribution in [0.4, 0.5) is 5.69 Å². The molecule has 2 rings (SSSR count). The molecular weight excluding hydrogens is 318 g/mol. The van der Waals surface area contributed by atoms with Gasteiger partial charge < -0.3 is 20.1 Å². The lowest BCUT2D eigenvalue weighted by atomic mass is 10.2. The number of guanidine groups is 1. The molecule has 1 heterocycles. The molecule has 0 aliphatic rings. The number of methoxy groups -OCH3 is 1. The Morgan fingerprint density at radius 1 is 1.28 bits per heavy atom. The molecule has 1 aromatic carbocycles. The van der Waals surface area contributed by atoms with Gasteiger partial charge in [0.05, 0.1) is 19.9 Å². The molecule has 25 heavy (non-hydrogen) atoms. The van der Waals surface area contributed by atoms with Gasteiger partial charge in [-0.25, -0.2) is 0 Å². The topological polar surface area (TPSA) is 72.7 Å². The molecule has 0 unspecified atom stereocenters. The number of hydrogen-bond acceptors (Lipinski definition) is 4.